The zero-order valence-corrected chi connectivity index (χ0v) is 11.9. The average molecular weight is 271 g/mol. The molecule has 0 aliphatic carbocycles. The molecule has 0 radical (unpaired) electrons. The molecule has 0 aliphatic heterocycles. The Bertz CT molecular complexity index is 466. The molecule has 1 N–H and O–H groups in total. The molecule has 0 atom stereocenters. The van der Waals surface area contributed by atoms with Gasteiger partial charge < -0.3 is 5.11 Å². The number of aliphatic hydroxyl groups is 1. The largest absolute Gasteiger partial charge is 0.396 e. The molecule has 0 aliphatic rings. The fraction of sp³-hybridized carbons (Fsp3) is 0.538. The van der Waals surface area contributed by atoms with E-state index in [1.54, 1.807) is 24.3 Å². The maximum atomic E-state index is 12.4. The van der Waals surface area contributed by atoms with Crippen LogP contribution in [0.1, 0.15) is 26.3 Å². The molecule has 0 fully saturated rings. The molecule has 1 aromatic carbocycles. The van der Waals surface area contributed by atoms with E-state index in [0.29, 0.717) is 17.9 Å². The molecule has 0 saturated heterocycles. The van der Waals surface area contributed by atoms with E-state index in [-0.39, 0.29) is 12.6 Å². The molecule has 1 rings (SSSR count). The topological polar surface area (TPSA) is 57.6 Å². The van der Waals surface area contributed by atoms with Crippen molar-refractivity contribution in [1.82, 2.24) is 4.31 Å². The van der Waals surface area contributed by atoms with Gasteiger partial charge in [-0.3, -0.25) is 0 Å². The van der Waals surface area contributed by atoms with Gasteiger partial charge in [-0.2, -0.15) is 4.31 Å². The minimum absolute atomic E-state index is 0.0582. The summed E-state index contributed by atoms with van der Waals surface area (Å²) in [5, 5.41) is 8.82. The predicted octanol–water partition coefficient (Wildman–Crippen LogP) is 1.64. The van der Waals surface area contributed by atoms with Crippen molar-refractivity contribution < 1.29 is 13.5 Å². The standard InChI is InChI=1S/C13H21NO3S/c1-4-14(11(2)3)18(16,17)13-7-5-12(6-8-13)9-10-15/h5-8,11,15H,4,9-10H2,1-3H3. The number of rotatable bonds is 6. The van der Waals surface area contributed by atoms with Gasteiger partial charge in [0.1, 0.15) is 0 Å². The van der Waals surface area contributed by atoms with E-state index in [1.807, 2.05) is 20.8 Å². The van der Waals surface area contributed by atoms with Gasteiger partial charge in [-0.25, -0.2) is 8.42 Å². The molecular weight excluding hydrogens is 250 g/mol. The highest BCUT2D eigenvalue weighted by Crippen LogP contribution is 2.18. The highest BCUT2D eigenvalue weighted by atomic mass is 32.2. The average Bonchev–Trinajstić information content (AvgIpc) is 2.30. The van der Waals surface area contributed by atoms with Crippen LogP contribution in [0.3, 0.4) is 0 Å². The molecule has 0 aromatic heterocycles. The van der Waals surface area contributed by atoms with Crippen LogP contribution in [-0.2, 0) is 16.4 Å². The van der Waals surface area contributed by atoms with E-state index in [0.717, 1.165) is 5.56 Å². The van der Waals surface area contributed by atoms with Crippen LogP contribution < -0.4 is 0 Å². The molecule has 5 heteroatoms. The van der Waals surface area contributed by atoms with Crippen LogP contribution in [0.2, 0.25) is 0 Å². The Labute approximate surface area is 109 Å². The molecule has 0 heterocycles. The zero-order chi connectivity index (χ0) is 13.8. The molecule has 4 nitrogen and oxygen atoms in total. The van der Waals surface area contributed by atoms with Crippen molar-refractivity contribution in [1.29, 1.82) is 0 Å². The Hall–Kier alpha value is -0.910. The third-order valence-electron chi connectivity index (χ3n) is 2.82. The second kappa shape index (κ2) is 6.31. The summed E-state index contributed by atoms with van der Waals surface area (Å²) < 4.78 is 26.2. The number of aliphatic hydroxyl groups excluding tert-OH is 1. The molecular formula is C13H21NO3S. The normalized spacial score (nSPS) is 12.3. The quantitative estimate of drug-likeness (QED) is 0.855. The van der Waals surface area contributed by atoms with Gasteiger partial charge in [0.25, 0.3) is 0 Å². The Morgan fingerprint density at radius 2 is 1.78 bits per heavy atom. The van der Waals surface area contributed by atoms with Crippen molar-refractivity contribution in [2.45, 2.75) is 38.1 Å². The van der Waals surface area contributed by atoms with Crippen molar-refractivity contribution in [2.24, 2.45) is 0 Å². The van der Waals surface area contributed by atoms with Gasteiger partial charge in [0.05, 0.1) is 4.90 Å². The number of hydrogen-bond acceptors (Lipinski definition) is 3. The van der Waals surface area contributed by atoms with Crippen LogP contribution in [0.15, 0.2) is 29.2 Å². The molecule has 18 heavy (non-hydrogen) atoms. The first-order chi connectivity index (χ1) is 8.43. The lowest BCUT2D eigenvalue weighted by molar-refractivity contribution is 0.299. The van der Waals surface area contributed by atoms with Crippen LogP contribution >= 0.6 is 0 Å². The van der Waals surface area contributed by atoms with Crippen LogP contribution in [0, 0.1) is 0 Å². The molecule has 0 spiro atoms. The van der Waals surface area contributed by atoms with E-state index >= 15 is 0 Å². The highest BCUT2D eigenvalue weighted by Gasteiger charge is 2.25. The lowest BCUT2D eigenvalue weighted by atomic mass is 10.2. The zero-order valence-electron chi connectivity index (χ0n) is 11.1. The van der Waals surface area contributed by atoms with Gasteiger partial charge in [-0.05, 0) is 38.0 Å². The van der Waals surface area contributed by atoms with Gasteiger partial charge in [-0.1, -0.05) is 19.1 Å². The van der Waals surface area contributed by atoms with Crippen LogP contribution in [0.25, 0.3) is 0 Å². The van der Waals surface area contributed by atoms with Crippen molar-refractivity contribution in [3.63, 3.8) is 0 Å². The summed E-state index contributed by atoms with van der Waals surface area (Å²) in [5.74, 6) is 0. The summed E-state index contributed by atoms with van der Waals surface area (Å²) in [7, 11) is -3.41. The van der Waals surface area contributed by atoms with Crippen molar-refractivity contribution in [2.75, 3.05) is 13.2 Å². The molecule has 102 valence electrons. The third kappa shape index (κ3) is 3.31. The Kier molecular flexibility index (Phi) is 5.31. The van der Waals surface area contributed by atoms with Crippen molar-refractivity contribution >= 4 is 10.0 Å². The predicted molar refractivity (Wildman–Crippen MR) is 71.9 cm³/mol. The van der Waals surface area contributed by atoms with Gasteiger partial charge >= 0.3 is 0 Å². The van der Waals surface area contributed by atoms with E-state index in [1.165, 1.54) is 4.31 Å². The summed E-state index contributed by atoms with van der Waals surface area (Å²) in [6.45, 7) is 6.08. The lowest BCUT2D eigenvalue weighted by Crippen LogP contribution is -2.36. The summed E-state index contributed by atoms with van der Waals surface area (Å²) in [4.78, 5) is 0.305. The smallest absolute Gasteiger partial charge is 0.243 e. The SMILES string of the molecule is CCN(C(C)C)S(=O)(=O)c1ccc(CCO)cc1. The monoisotopic (exact) mass is 271 g/mol. The first-order valence-electron chi connectivity index (χ1n) is 6.15. The maximum Gasteiger partial charge on any atom is 0.243 e. The third-order valence-corrected chi connectivity index (χ3v) is 4.98. The number of sulfonamides is 1. The Morgan fingerprint density at radius 3 is 2.17 bits per heavy atom. The number of benzene rings is 1. The molecule has 0 amide bonds. The van der Waals surface area contributed by atoms with Gasteiger partial charge in [0, 0.05) is 19.2 Å². The summed E-state index contributed by atoms with van der Waals surface area (Å²) in [6.07, 6.45) is 0.544. The highest BCUT2D eigenvalue weighted by molar-refractivity contribution is 7.89. The summed E-state index contributed by atoms with van der Waals surface area (Å²) >= 11 is 0. The molecule has 1 aromatic rings. The molecule has 0 saturated carbocycles. The maximum absolute atomic E-state index is 12.4. The van der Waals surface area contributed by atoms with Gasteiger partial charge in [-0.15, -0.1) is 0 Å². The van der Waals surface area contributed by atoms with Gasteiger partial charge in [0.2, 0.25) is 10.0 Å². The second-order valence-corrected chi connectivity index (χ2v) is 6.31. The summed E-state index contributed by atoms with van der Waals surface area (Å²) in [5.41, 5.74) is 0.934. The second-order valence-electron chi connectivity index (χ2n) is 4.42. The fourth-order valence-electron chi connectivity index (χ4n) is 1.91. The first kappa shape index (κ1) is 15.1. The van der Waals surface area contributed by atoms with Crippen molar-refractivity contribution in [3.05, 3.63) is 29.8 Å². The van der Waals surface area contributed by atoms with Gasteiger partial charge in [0.15, 0.2) is 0 Å². The van der Waals surface area contributed by atoms with Crippen LogP contribution in [0.4, 0.5) is 0 Å². The van der Waals surface area contributed by atoms with Crippen molar-refractivity contribution in [3.8, 4) is 0 Å². The van der Waals surface area contributed by atoms with E-state index in [4.69, 9.17) is 5.11 Å². The van der Waals surface area contributed by atoms with Crippen LogP contribution in [-0.4, -0.2) is 37.0 Å². The molecule has 0 bridgehead atoms. The van der Waals surface area contributed by atoms with Crippen LogP contribution in [0.5, 0.6) is 0 Å². The van der Waals surface area contributed by atoms with E-state index in [2.05, 4.69) is 0 Å². The fourth-order valence-corrected chi connectivity index (χ4v) is 3.55. The minimum Gasteiger partial charge on any atom is -0.396 e. The van der Waals surface area contributed by atoms with E-state index < -0.39 is 10.0 Å². The minimum atomic E-state index is -3.41. The first-order valence-corrected chi connectivity index (χ1v) is 7.59. The Morgan fingerprint density at radius 1 is 1.22 bits per heavy atom. The summed E-state index contributed by atoms with van der Waals surface area (Å²) in [6, 6.07) is 6.64. The number of hydrogen-bond donors (Lipinski definition) is 1. The molecule has 0 unspecified atom stereocenters. The van der Waals surface area contributed by atoms with E-state index in [9.17, 15) is 8.42 Å². The lowest BCUT2D eigenvalue weighted by Gasteiger charge is -2.24. The Balaban J connectivity index is 3.04. The number of nitrogens with zero attached hydrogens (tertiary/aromatic N) is 1.